The number of benzene rings is 1. The van der Waals surface area contributed by atoms with Gasteiger partial charge in [0.2, 0.25) is 16.0 Å². The minimum Gasteiger partial charge on any atom is -0.496 e. The number of carbonyl (C=O) groups is 1. The number of ether oxygens (including phenoxy) is 1. The molecule has 1 aliphatic carbocycles. The first-order valence-corrected chi connectivity index (χ1v) is 15.7. The zero-order chi connectivity index (χ0) is 30.7. The summed E-state index contributed by atoms with van der Waals surface area (Å²) in [4.78, 5) is 23.2. The molecular weight excluding hydrogens is 575 g/mol. The fourth-order valence-corrected chi connectivity index (χ4v) is 6.14. The van der Waals surface area contributed by atoms with Crippen LogP contribution in [0.3, 0.4) is 0 Å². The molecule has 15 heteroatoms. The third kappa shape index (κ3) is 7.81. The maximum atomic E-state index is 13.9. The van der Waals surface area contributed by atoms with Gasteiger partial charge in [-0.3, -0.25) is 4.79 Å². The third-order valence-corrected chi connectivity index (χ3v) is 9.21. The highest BCUT2D eigenvalue weighted by molar-refractivity contribution is 7.88. The maximum Gasteiger partial charge on any atom is 0.421 e. The number of carbonyl (C=O) groups excluding carboxylic acids is 1. The molecule has 2 unspecified atom stereocenters. The number of rotatable bonds is 9. The number of piperidine rings is 1. The summed E-state index contributed by atoms with van der Waals surface area (Å²) in [5, 5.41) is 8.81. The molecule has 2 heterocycles. The lowest BCUT2D eigenvalue weighted by Gasteiger charge is -2.37. The summed E-state index contributed by atoms with van der Waals surface area (Å²) >= 11 is 0. The van der Waals surface area contributed by atoms with Crippen LogP contribution in [0.4, 0.5) is 30.6 Å². The van der Waals surface area contributed by atoms with Gasteiger partial charge in [0, 0.05) is 43.1 Å². The van der Waals surface area contributed by atoms with Crippen molar-refractivity contribution < 1.29 is 31.1 Å². The van der Waals surface area contributed by atoms with Crippen molar-refractivity contribution in [2.45, 2.75) is 62.8 Å². The molecule has 1 aliphatic heterocycles. The van der Waals surface area contributed by atoms with E-state index in [4.69, 9.17) is 4.74 Å². The van der Waals surface area contributed by atoms with Crippen molar-refractivity contribution in [1.29, 1.82) is 0 Å². The van der Waals surface area contributed by atoms with Crippen LogP contribution in [-0.4, -0.2) is 92.2 Å². The van der Waals surface area contributed by atoms with Gasteiger partial charge in [-0.05, 0) is 58.0 Å². The van der Waals surface area contributed by atoms with E-state index in [9.17, 15) is 26.4 Å². The van der Waals surface area contributed by atoms with Crippen LogP contribution in [0.5, 0.6) is 5.75 Å². The number of sulfonamides is 1. The van der Waals surface area contributed by atoms with Crippen LogP contribution in [-0.2, 0) is 16.2 Å². The fourth-order valence-electron chi connectivity index (χ4n) is 5.40. The van der Waals surface area contributed by atoms with E-state index in [1.165, 1.54) is 18.5 Å². The Balaban J connectivity index is 1.55. The van der Waals surface area contributed by atoms with E-state index >= 15 is 0 Å². The van der Waals surface area contributed by atoms with E-state index in [-0.39, 0.29) is 23.6 Å². The van der Waals surface area contributed by atoms with Crippen LogP contribution in [0.15, 0.2) is 24.4 Å². The second-order valence-electron chi connectivity index (χ2n) is 10.9. The zero-order valence-electron chi connectivity index (χ0n) is 24.2. The lowest BCUT2D eigenvalue weighted by molar-refractivity contribution is -0.137. The Kier molecular flexibility index (Phi) is 9.83. The van der Waals surface area contributed by atoms with Gasteiger partial charge in [0.05, 0.1) is 18.9 Å². The van der Waals surface area contributed by atoms with Gasteiger partial charge < -0.3 is 25.6 Å². The number of hydrogen-bond acceptors (Lipinski definition) is 9. The van der Waals surface area contributed by atoms with Crippen LogP contribution >= 0.6 is 0 Å². The number of aromatic nitrogens is 2. The molecule has 1 aromatic carbocycles. The maximum absolute atomic E-state index is 13.9. The van der Waals surface area contributed by atoms with E-state index in [0.717, 1.165) is 45.0 Å². The average Bonchev–Trinajstić information content (AvgIpc) is 2.93. The first kappa shape index (κ1) is 31.8. The lowest BCUT2D eigenvalue weighted by Crippen LogP contribution is -2.49. The number of methoxy groups -OCH3 is 1. The average molecular weight is 614 g/mol. The van der Waals surface area contributed by atoms with Gasteiger partial charge in [-0.15, -0.1) is 0 Å². The molecule has 2 fully saturated rings. The molecule has 232 valence electrons. The van der Waals surface area contributed by atoms with Gasteiger partial charge in [0.25, 0.3) is 5.91 Å². The topological polar surface area (TPSA) is 129 Å². The minimum absolute atomic E-state index is 0.0589. The van der Waals surface area contributed by atoms with Crippen LogP contribution in [0.1, 0.15) is 54.4 Å². The normalized spacial score (nSPS) is 20.8. The molecule has 42 heavy (non-hydrogen) atoms. The number of likely N-dealkylation sites (N-methyl/N-ethyl adjacent to an activating group) is 1. The molecule has 4 rings (SSSR count). The van der Waals surface area contributed by atoms with Crippen molar-refractivity contribution in [3.63, 3.8) is 0 Å². The molecule has 0 spiro atoms. The second-order valence-corrected chi connectivity index (χ2v) is 13.0. The van der Waals surface area contributed by atoms with E-state index in [2.05, 4.69) is 30.8 Å². The number of amides is 1. The monoisotopic (exact) mass is 613 g/mol. The Morgan fingerprint density at radius 3 is 2.48 bits per heavy atom. The highest BCUT2D eigenvalue weighted by atomic mass is 32.2. The van der Waals surface area contributed by atoms with E-state index in [1.807, 2.05) is 7.05 Å². The molecule has 1 saturated heterocycles. The molecule has 11 nitrogen and oxygen atoms in total. The largest absolute Gasteiger partial charge is 0.496 e. The van der Waals surface area contributed by atoms with Crippen LogP contribution < -0.4 is 20.7 Å². The Labute approximate surface area is 244 Å². The Bertz CT molecular complexity index is 1370. The fraction of sp³-hybridized carbons (Fsp3) is 0.593. The summed E-state index contributed by atoms with van der Waals surface area (Å²) in [5.41, 5.74) is -0.324. The molecule has 1 aromatic heterocycles. The smallest absolute Gasteiger partial charge is 0.421 e. The Hall–Kier alpha value is -3.17. The number of halogens is 3. The molecule has 2 atom stereocenters. The summed E-state index contributed by atoms with van der Waals surface area (Å²) in [7, 11) is 1.34. The van der Waals surface area contributed by atoms with Crippen molar-refractivity contribution in [3.8, 4) is 5.75 Å². The molecular formula is C27H38F3N7O4S. The number of hydrogen-bond donors (Lipinski definition) is 3. The second kappa shape index (κ2) is 13.0. The SMILES string of the molecule is COc1cc(Nc2ncc(C(F)(F)F)c(NC3CCCCC3N(C)S(C)(=O)=O)n2)ccc1C(=O)NC1CCN(C)CC1. The van der Waals surface area contributed by atoms with Crippen LogP contribution in [0, 0.1) is 0 Å². The van der Waals surface area contributed by atoms with Gasteiger partial charge >= 0.3 is 6.18 Å². The van der Waals surface area contributed by atoms with Crippen molar-refractivity contribution in [1.82, 2.24) is 24.5 Å². The number of anilines is 3. The van der Waals surface area contributed by atoms with Gasteiger partial charge in [-0.1, -0.05) is 12.8 Å². The molecule has 1 amide bonds. The standard InChI is InChI=1S/C27H38F3N7O4S/c1-36-13-11-17(12-14-36)32-25(38)19-10-9-18(15-23(19)41-3)33-26-31-16-20(27(28,29)30)24(35-26)34-21-7-5-6-8-22(21)37(2)42(4,39)40/h9-10,15-17,21-22H,5-8,11-14H2,1-4H3,(H,32,38)(H2,31,33,34,35). The summed E-state index contributed by atoms with van der Waals surface area (Å²) < 4.78 is 72.7. The number of likely N-dealkylation sites (tertiary alicyclic amines) is 1. The Morgan fingerprint density at radius 1 is 1.14 bits per heavy atom. The van der Waals surface area contributed by atoms with Crippen molar-refractivity contribution in [3.05, 3.63) is 35.5 Å². The third-order valence-electron chi connectivity index (χ3n) is 7.89. The predicted octanol–water partition coefficient (Wildman–Crippen LogP) is 3.69. The molecule has 1 saturated carbocycles. The van der Waals surface area contributed by atoms with E-state index < -0.39 is 39.7 Å². The van der Waals surface area contributed by atoms with Crippen molar-refractivity contribution >= 4 is 33.4 Å². The van der Waals surface area contributed by atoms with Gasteiger partial charge in [-0.25, -0.2) is 17.7 Å². The summed E-state index contributed by atoms with van der Waals surface area (Å²) in [5.74, 6) is -0.546. The quantitative estimate of drug-likeness (QED) is 0.388. The molecule has 0 bridgehead atoms. The van der Waals surface area contributed by atoms with E-state index in [0.29, 0.717) is 30.3 Å². The van der Waals surface area contributed by atoms with Gasteiger partial charge in [0.1, 0.15) is 17.1 Å². The van der Waals surface area contributed by atoms with Crippen molar-refractivity contribution in [2.75, 3.05) is 51.2 Å². The number of nitrogens with one attached hydrogen (secondary N) is 3. The lowest BCUT2D eigenvalue weighted by atomic mass is 9.90. The van der Waals surface area contributed by atoms with Crippen molar-refractivity contribution in [2.24, 2.45) is 0 Å². The predicted molar refractivity (Wildman–Crippen MR) is 154 cm³/mol. The Morgan fingerprint density at radius 2 is 1.83 bits per heavy atom. The van der Waals surface area contributed by atoms with Gasteiger partial charge in [0.15, 0.2) is 0 Å². The van der Waals surface area contributed by atoms with Crippen LogP contribution in [0.25, 0.3) is 0 Å². The number of alkyl halides is 3. The summed E-state index contributed by atoms with van der Waals surface area (Å²) in [6.45, 7) is 1.79. The molecule has 2 aromatic rings. The van der Waals surface area contributed by atoms with Crippen LogP contribution in [0.2, 0.25) is 0 Å². The summed E-state index contributed by atoms with van der Waals surface area (Å²) in [6, 6.07) is 3.67. The molecule has 0 radical (unpaired) electrons. The molecule has 3 N–H and O–H groups in total. The highest BCUT2D eigenvalue weighted by Crippen LogP contribution is 2.36. The number of nitrogens with zero attached hydrogens (tertiary/aromatic N) is 4. The van der Waals surface area contributed by atoms with E-state index in [1.54, 1.807) is 18.2 Å². The summed E-state index contributed by atoms with van der Waals surface area (Å²) in [6.07, 6.45) is 1.21. The first-order valence-electron chi connectivity index (χ1n) is 13.8. The highest BCUT2D eigenvalue weighted by Gasteiger charge is 2.38. The van der Waals surface area contributed by atoms with Gasteiger partial charge in [-0.2, -0.15) is 18.2 Å². The molecule has 2 aliphatic rings. The minimum atomic E-state index is -4.74. The zero-order valence-corrected chi connectivity index (χ0v) is 25.0. The first-order chi connectivity index (χ1) is 19.8.